The molecule has 0 bridgehead atoms. The summed E-state index contributed by atoms with van der Waals surface area (Å²) in [4.78, 5) is 21.2. The molecule has 1 aromatic carbocycles. The number of carbonyl (C=O) groups is 1. The van der Waals surface area contributed by atoms with Gasteiger partial charge in [-0.3, -0.25) is 10.1 Å². The Kier molecular flexibility index (Phi) is 4.63. The van der Waals surface area contributed by atoms with Gasteiger partial charge >= 0.3 is 11.8 Å². The number of aromatic hydroxyl groups is 1. The molecule has 0 spiro atoms. The summed E-state index contributed by atoms with van der Waals surface area (Å²) in [6, 6.07) is 3.98. The van der Waals surface area contributed by atoms with Gasteiger partial charge in [-0.05, 0) is 26.8 Å². The van der Waals surface area contributed by atoms with Crippen molar-refractivity contribution in [2.24, 2.45) is 5.10 Å². The Morgan fingerprint density at radius 1 is 1.50 bits per heavy atom. The fourth-order valence-electron chi connectivity index (χ4n) is 1.26. The third kappa shape index (κ3) is 4.56. The second kappa shape index (κ2) is 6.00. The molecule has 1 aromatic rings. The normalized spacial score (nSPS) is 11.3. The van der Waals surface area contributed by atoms with Crippen LogP contribution in [-0.2, 0) is 4.74 Å². The number of benzene rings is 1. The zero-order chi connectivity index (χ0) is 15.3. The van der Waals surface area contributed by atoms with Gasteiger partial charge < -0.3 is 9.84 Å². The molecule has 0 aliphatic rings. The van der Waals surface area contributed by atoms with E-state index in [0.717, 1.165) is 12.3 Å². The number of carbonyl (C=O) groups excluding carboxylic acids is 1. The first-order valence-electron chi connectivity index (χ1n) is 5.69. The van der Waals surface area contributed by atoms with Crippen LogP contribution in [0.3, 0.4) is 0 Å². The van der Waals surface area contributed by atoms with Gasteiger partial charge in [-0.2, -0.15) is 5.10 Å². The highest BCUT2D eigenvalue weighted by molar-refractivity contribution is 5.86. The maximum atomic E-state index is 11.3. The lowest BCUT2D eigenvalue weighted by Crippen LogP contribution is -2.29. The lowest BCUT2D eigenvalue weighted by Gasteiger charge is -2.18. The first-order valence-corrected chi connectivity index (χ1v) is 5.69. The van der Waals surface area contributed by atoms with E-state index in [1.807, 2.05) is 0 Å². The molecule has 0 saturated carbocycles. The monoisotopic (exact) mass is 281 g/mol. The number of rotatable bonds is 3. The number of ether oxygens (including phenoxy) is 1. The fraction of sp³-hybridized carbons (Fsp3) is 0.333. The van der Waals surface area contributed by atoms with E-state index >= 15 is 0 Å². The third-order valence-electron chi connectivity index (χ3n) is 2.00. The van der Waals surface area contributed by atoms with Gasteiger partial charge in [-0.1, -0.05) is 6.07 Å². The van der Waals surface area contributed by atoms with Crippen LogP contribution in [0.4, 0.5) is 10.5 Å². The van der Waals surface area contributed by atoms with Crippen LogP contribution in [0.25, 0.3) is 0 Å². The lowest BCUT2D eigenvalue weighted by molar-refractivity contribution is -0.385. The Balaban J connectivity index is 2.75. The number of nitrogens with zero attached hydrogens (tertiary/aromatic N) is 2. The summed E-state index contributed by atoms with van der Waals surface area (Å²) < 4.78 is 4.93. The molecule has 0 fully saturated rings. The van der Waals surface area contributed by atoms with Crippen LogP contribution in [0.2, 0.25) is 0 Å². The SMILES string of the molecule is CC(C)(C)OC(=O)NN=Cc1cccc([N+](=O)[O-])c1O. The molecule has 20 heavy (non-hydrogen) atoms. The standard InChI is InChI=1S/C12H15N3O5/c1-12(2,3)20-11(17)14-13-7-8-5-4-6-9(10(8)16)15(18)19/h4-7,16H,1-3H3,(H,14,17). The fourth-order valence-corrected chi connectivity index (χ4v) is 1.26. The minimum Gasteiger partial charge on any atom is -0.502 e. The van der Waals surface area contributed by atoms with Crippen molar-refractivity contribution in [2.75, 3.05) is 0 Å². The largest absolute Gasteiger partial charge is 0.502 e. The third-order valence-corrected chi connectivity index (χ3v) is 2.00. The van der Waals surface area contributed by atoms with E-state index in [9.17, 15) is 20.0 Å². The van der Waals surface area contributed by atoms with Crippen molar-refractivity contribution in [1.29, 1.82) is 0 Å². The maximum absolute atomic E-state index is 11.3. The number of amides is 1. The van der Waals surface area contributed by atoms with Crippen LogP contribution < -0.4 is 5.43 Å². The van der Waals surface area contributed by atoms with Crippen molar-refractivity contribution < 1.29 is 19.6 Å². The number of hydrogen-bond acceptors (Lipinski definition) is 6. The quantitative estimate of drug-likeness (QED) is 0.500. The van der Waals surface area contributed by atoms with Gasteiger partial charge in [-0.25, -0.2) is 10.2 Å². The van der Waals surface area contributed by atoms with Gasteiger partial charge in [-0.15, -0.1) is 0 Å². The van der Waals surface area contributed by atoms with Crippen LogP contribution in [0.5, 0.6) is 5.75 Å². The van der Waals surface area contributed by atoms with Gasteiger partial charge in [0.05, 0.1) is 11.1 Å². The van der Waals surface area contributed by atoms with Crippen molar-refractivity contribution in [3.05, 3.63) is 33.9 Å². The predicted molar refractivity (Wildman–Crippen MR) is 71.7 cm³/mol. The molecule has 108 valence electrons. The molecule has 8 heteroatoms. The van der Waals surface area contributed by atoms with Crippen LogP contribution >= 0.6 is 0 Å². The van der Waals surface area contributed by atoms with Crippen molar-refractivity contribution in [2.45, 2.75) is 26.4 Å². The first-order chi connectivity index (χ1) is 9.20. The second-order valence-corrected chi connectivity index (χ2v) is 4.84. The van der Waals surface area contributed by atoms with Crippen LogP contribution in [0.1, 0.15) is 26.3 Å². The smallest absolute Gasteiger partial charge is 0.428 e. The van der Waals surface area contributed by atoms with Crippen molar-refractivity contribution in [1.82, 2.24) is 5.43 Å². The van der Waals surface area contributed by atoms with Gasteiger partial charge in [0.15, 0.2) is 0 Å². The molecule has 0 heterocycles. The van der Waals surface area contributed by atoms with E-state index in [4.69, 9.17) is 4.74 Å². The number of phenolic OH excluding ortho intramolecular Hbond substituents is 1. The number of phenols is 1. The van der Waals surface area contributed by atoms with E-state index in [-0.39, 0.29) is 5.56 Å². The minimum atomic E-state index is -0.765. The first kappa shape index (κ1) is 15.4. The van der Waals surface area contributed by atoms with E-state index in [2.05, 4.69) is 10.5 Å². The zero-order valence-corrected chi connectivity index (χ0v) is 11.3. The van der Waals surface area contributed by atoms with Gasteiger partial charge in [0, 0.05) is 11.6 Å². The highest BCUT2D eigenvalue weighted by Crippen LogP contribution is 2.27. The van der Waals surface area contributed by atoms with E-state index in [0.29, 0.717) is 0 Å². The summed E-state index contributed by atoms with van der Waals surface area (Å²) in [6.45, 7) is 5.09. The molecule has 1 rings (SSSR count). The summed E-state index contributed by atoms with van der Waals surface area (Å²) >= 11 is 0. The Labute approximate surface area is 115 Å². The van der Waals surface area contributed by atoms with Crippen molar-refractivity contribution >= 4 is 18.0 Å². The molecule has 0 aliphatic heterocycles. The summed E-state index contributed by atoms with van der Waals surface area (Å²) in [5.74, 6) is -0.521. The molecular formula is C12H15N3O5. The summed E-state index contributed by atoms with van der Waals surface area (Å²) in [6.07, 6.45) is 0.324. The molecule has 0 aromatic heterocycles. The topological polar surface area (TPSA) is 114 Å². The van der Waals surface area contributed by atoms with E-state index < -0.39 is 28.1 Å². The Morgan fingerprint density at radius 2 is 2.15 bits per heavy atom. The maximum Gasteiger partial charge on any atom is 0.428 e. The average molecular weight is 281 g/mol. The summed E-state index contributed by atoms with van der Waals surface area (Å²) in [7, 11) is 0. The minimum absolute atomic E-state index is 0.107. The number of nitro benzene ring substituents is 1. The van der Waals surface area contributed by atoms with Crippen LogP contribution in [0.15, 0.2) is 23.3 Å². The van der Waals surface area contributed by atoms with Crippen molar-refractivity contribution in [3.8, 4) is 5.75 Å². The van der Waals surface area contributed by atoms with Gasteiger partial charge in [0.25, 0.3) is 0 Å². The number of hydrazone groups is 1. The van der Waals surface area contributed by atoms with E-state index in [1.54, 1.807) is 20.8 Å². The highest BCUT2D eigenvalue weighted by Gasteiger charge is 2.16. The molecule has 0 radical (unpaired) electrons. The van der Waals surface area contributed by atoms with Crippen molar-refractivity contribution in [3.63, 3.8) is 0 Å². The molecular weight excluding hydrogens is 266 g/mol. The van der Waals surface area contributed by atoms with Gasteiger partial charge in [0.2, 0.25) is 5.75 Å². The molecule has 1 amide bonds. The molecule has 0 atom stereocenters. The Morgan fingerprint density at radius 3 is 2.70 bits per heavy atom. The average Bonchev–Trinajstić information content (AvgIpc) is 2.28. The molecule has 0 unspecified atom stereocenters. The molecule has 0 aliphatic carbocycles. The Bertz CT molecular complexity index is 549. The molecule has 2 N–H and O–H groups in total. The lowest BCUT2D eigenvalue weighted by atomic mass is 10.2. The van der Waals surface area contributed by atoms with Crippen LogP contribution in [-0.4, -0.2) is 27.9 Å². The number of nitrogens with one attached hydrogen (secondary N) is 1. The number of hydrogen-bond donors (Lipinski definition) is 2. The molecule has 0 saturated heterocycles. The predicted octanol–water partition coefficient (Wildman–Crippen LogP) is 2.16. The van der Waals surface area contributed by atoms with E-state index in [1.165, 1.54) is 12.1 Å². The van der Waals surface area contributed by atoms with Crippen LogP contribution in [0, 0.1) is 10.1 Å². The number of para-hydroxylation sites is 1. The summed E-state index contributed by atoms with van der Waals surface area (Å²) in [5, 5.41) is 23.8. The second-order valence-electron chi connectivity index (χ2n) is 4.84. The number of nitro groups is 1. The Hall–Kier alpha value is -2.64. The van der Waals surface area contributed by atoms with Gasteiger partial charge in [0.1, 0.15) is 5.60 Å². The highest BCUT2D eigenvalue weighted by atomic mass is 16.6. The zero-order valence-electron chi connectivity index (χ0n) is 11.3. The molecule has 8 nitrogen and oxygen atoms in total. The summed E-state index contributed by atoms with van der Waals surface area (Å²) in [5.41, 5.74) is 1.10.